The number of hydrogen-bond acceptors (Lipinski definition) is 5. The van der Waals surface area contributed by atoms with Crippen molar-refractivity contribution in [3.05, 3.63) is 11.6 Å². The van der Waals surface area contributed by atoms with Gasteiger partial charge in [0, 0.05) is 11.9 Å². The average Bonchev–Trinajstić information content (AvgIpc) is 2.63. The minimum Gasteiger partial charge on any atom is -0.466 e. The van der Waals surface area contributed by atoms with Crippen molar-refractivity contribution in [2.24, 2.45) is 0 Å². The van der Waals surface area contributed by atoms with Crippen LogP contribution in [0.25, 0.3) is 0 Å². The predicted molar refractivity (Wildman–Crippen MR) is 104 cm³/mol. The van der Waals surface area contributed by atoms with Crippen LogP contribution in [0.3, 0.4) is 0 Å². The van der Waals surface area contributed by atoms with E-state index in [2.05, 4.69) is 33.9 Å². The Kier molecular flexibility index (Phi) is 6.77. The minimum absolute atomic E-state index is 0.123. The van der Waals surface area contributed by atoms with E-state index in [1.807, 2.05) is 27.7 Å². The molecule has 1 aliphatic rings. The molecule has 5 nitrogen and oxygen atoms in total. The number of esters is 1. The van der Waals surface area contributed by atoms with Gasteiger partial charge in [-0.05, 0) is 45.8 Å². The summed E-state index contributed by atoms with van der Waals surface area (Å²) in [6.07, 6.45) is 2.15. The van der Waals surface area contributed by atoms with Crippen LogP contribution >= 0.6 is 0 Å². The van der Waals surface area contributed by atoms with Gasteiger partial charge in [-0.3, -0.25) is 0 Å². The second-order valence-corrected chi connectivity index (χ2v) is 14.0. The molecule has 1 fully saturated rings. The maximum atomic E-state index is 12.1. The van der Waals surface area contributed by atoms with Crippen molar-refractivity contribution in [1.82, 2.24) is 0 Å². The van der Waals surface area contributed by atoms with Gasteiger partial charge in [0.25, 0.3) is 0 Å². The van der Waals surface area contributed by atoms with Crippen molar-refractivity contribution < 1.29 is 23.3 Å². The number of hydrogen-bond donors (Lipinski definition) is 0. The summed E-state index contributed by atoms with van der Waals surface area (Å²) in [7, 11) is -0.951. The van der Waals surface area contributed by atoms with E-state index in [1.54, 1.807) is 6.08 Å². The number of carbonyl (C=O) groups excluding carboxylic acids is 1. The van der Waals surface area contributed by atoms with Crippen molar-refractivity contribution in [3.63, 3.8) is 0 Å². The second kappa shape index (κ2) is 7.55. The molecule has 0 bridgehead atoms. The molecular formula is C18H35BO5Si. The first-order valence-corrected chi connectivity index (χ1v) is 11.8. The molecule has 0 radical (unpaired) electrons. The summed E-state index contributed by atoms with van der Waals surface area (Å²) in [6.45, 7) is 19.3. The number of carbonyl (C=O) groups is 1. The van der Waals surface area contributed by atoms with E-state index < -0.39 is 26.6 Å². The van der Waals surface area contributed by atoms with Crippen LogP contribution in [0, 0.1) is 0 Å². The Balaban J connectivity index is 2.81. The maximum Gasteiger partial charge on any atom is 0.462 e. The first-order chi connectivity index (χ1) is 11.1. The van der Waals surface area contributed by atoms with E-state index in [1.165, 1.54) is 7.11 Å². The van der Waals surface area contributed by atoms with Crippen LogP contribution in [0.15, 0.2) is 11.6 Å². The fourth-order valence-electron chi connectivity index (χ4n) is 2.18. The van der Waals surface area contributed by atoms with Crippen LogP contribution in [0.2, 0.25) is 24.5 Å². The zero-order valence-corrected chi connectivity index (χ0v) is 18.6. The van der Waals surface area contributed by atoms with Crippen LogP contribution in [0.4, 0.5) is 0 Å². The van der Waals surface area contributed by atoms with Crippen molar-refractivity contribution in [2.45, 2.75) is 84.1 Å². The first-order valence-electron chi connectivity index (χ1n) is 8.90. The molecule has 0 atom stereocenters. The summed E-state index contributed by atoms with van der Waals surface area (Å²) < 4.78 is 23.0. The van der Waals surface area contributed by atoms with Gasteiger partial charge in [-0.2, -0.15) is 0 Å². The lowest BCUT2D eigenvalue weighted by Crippen LogP contribution is -2.41. The summed E-state index contributed by atoms with van der Waals surface area (Å²) in [6, 6.07) is 0. The SMILES string of the molecule is COC(=O)C(=CCO[Si](C)(C)C(C)(C)C)CB1OC(C)(C)C(C)(C)O1. The van der Waals surface area contributed by atoms with Gasteiger partial charge in [-0.15, -0.1) is 0 Å². The Bertz CT molecular complexity index is 504. The van der Waals surface area contributed by atoms with Gasteiger partial charge in [0.15, 0.2) is 8.32 Å². The van der Waals surface area contributed by atoms with E-state index in [0.717, 1.165) is 0 Å². The van der Waals surface area contributed by atoms with Gasteiger partial charge in [0.05, 0.1) is 24.9 Å². The molecule has 0 aliphatic carbocycles. The van der Waals surface area contributed by atoms with E-state index >= 15 is 0 Å². The maximum absolute atomic E-state index is 12.1. The monoisotopic (exact) mass is 370 g/mol. The number of ether oxygens (including phenoxy) is 1. The topological polar surface area (TPSA) is 54.0 Å². The summed E-state index contributed by atoms with van der Waals surface area (Å²) in [5.74, 6) is -0.367. The lowest BCUT2D eigenvalue weighted by Gasteiger charge is -2.35. The van der Waals surface area contributed by atoms with E-state index in [0.29, 0.717) is 18.5 Å². The molecular weight excluding hydrogens is 335 g/mol. The predicted octanol–water partition coefficient (Wildman–Crippen LogP) is 4.20. The number of methoxy groups -OCH3 is 1. The summed E-state index contributed by atoms with van der Waals surface area (Å²) in [4.78, 5) is 12.1. The van der Waals surface area contributed by atoms with E-state index in [4.69, 9.17) is 18.5 Å². The third kappa shape index (κ3) is 5.42. The molecule has 0 spiro atoms. The van der Waals surface area contributed by atoms with Gasteiger partial charge in [-0.1, -0.05) is 26.8 Å². The van der Waals surface area contributed by atoms with E-state index in [9.17, 15) is 4.79 Å². The molecule has 0 N–H and O–H groups in total. The van der Waals surface area contributed by atoms with Crippen LogP contribution in [-0.4, -0.2) is 46.3 Å². The quantitative estimate of drug-likeness (QED) is 0.398. The number of rotatable bonds is 6. The Morgan fingerprint density at radius 2 is 1.60 bits per heavy atom. The summed E-state index contributed by atoms with van der Waals surface area (Å²) in [5.41, 5.74) is -0.313. The average molecular weight is 370 g/mol. The molecule has 1 saturated heterocycles. The Labute approximate surface area is 154 Å². The van der Waals surface area contributed by atoms with Gasteiger partial charge in [0.1, 0.15) is 0 Å². The molecule has 144 valence electrons. The molecule has 1 heterocycles. The highest BCUT2D eigenvalue weighted by molar-refractivity contribution is 6.74. The molecule has 25 heavy (non-hydrogen) atoms. The Hall–Kier alpha value is -0.628. The smallest absolute Gasteiger partial charge is 0.462 e. The third-order valence-electron chi connectivity index (χ3n) is 5.72. The van der Waals surface area contributed by atoms with Crippen LogP contribution < -0.4 is 0 Å². The Morgan fingerprint density at radius 3 is 2.00 bits per heavy atom. The minimum atomic E-state index is -1.87. The molecule has 0 saturated carbocycles. The summed E-state index contributed by atoms with van der Waals surface area (Å²) in [5, 5.41) is 0.123. The lowest BCUT2D eigenvalue weighted by molar-refractivity contribution is -0.136. The molecule has 0 aromatic rings. The van der Waals surface area contributed by atoms with Crippen LogP contribution in [0.1, 0.15) is 48.5 Å². The van der Waals surface area contributed by atoms with Crippen LogP contribution in [-0.2, 0) is 23.3 Å². The fourth-order valence-corrected chi connectivity index (χ4v) is 3.11. The van der Waals surface area contributed by atoms with E-state index in [-0.39, 0.29) is 11.0 Å². The van der Waals surface area contributed by atoms with Crippen molar-refractivity contribution in [1.29, 1.82) is 0 Å². The summed E-state index contributed by atoms with van der Waals surface area (Å²) >= 11 is 0. The zero-order chi connectivity index (χ0) is 19.7. The first kappa shape index (κ1) is 22.4. The zero-order valence-electron chi connectivity index (χ0n) is 17.6. The van der Waals surface area contributed by atoms with Gasteiger partial charge in [0.2, 0.25) is 0 Å². The van der Waals surface area contributed by atoms with Gasteiger partial charge >= 0.3 is 13.1 Å². The highest BCUT2D eigenvalue weighted by Gasteiger charge is 2.51. The fraction of sp³-hybridized carbons (Fsp3) is 0.833. The molecule has 1 rings (SSSR count). The largest absolute Gasteiger partial charge is 0.466 e. The highest BCUT2D eigenvalue weighted by atomic mass is 28.4. The van der Waals surface area contributed by atoms with Crippen molar-refractivity contribution >= 4 is 21.4 Å². The van der Waals surface area contributed by atoms with Crippen LogP contribution in [0.5, 0.6) is 0 Å². The van der Waals surface area contributed by atoms with Crippen molar-refractivity contribution in [2.75, 3.05) is 13.7 Å². The molecule has 0 aromatic heterocycles. The molecule has 0 aromatic carbocycles. The molecule has 1 aliphatic heterocycles. The molecule has 0 unspecified atom stereocenters. The molecule has 7 heteroatoms. The van der Waals surface area contributed by atoms with Gasteiger partial charge in [-0.25, -0.2) is 4.79 Å². The van der Waals surface area contributed by atoms with Crippen molar-refractivity contribution in [3.8, 4) is 0 Å². The normalized spacial score (nSPS) is 20.7. The molecule has 0 amide bonds. The van der Waals surface area contributed by atoms with Gasteiger partial charge < -0.3 is 18.5 Å². The second-order valence-electron chi connectivity index (χ2n) is 9.18. The standard InChI is InChI=1S/C18H35BO5Si/c1-16(2,3)25(9,10)22-12-11-14(15(20)21-8)13-19-23-17(4,5)18(6,7)24-19/h11H,12-13H2,1-10H3. The lowest BCUT2D eigenvalue weighted by atomic mass is 9.80. The Morgan fingerprint density at radius 1 is 1.12 bits per heavy atom. The third-order valence-corrected chi connectivity index (χ3v) is 10.2. The highest BCUT2D eigenvalue weighted by Crippen LogP contribution is 2.39.